The van der Waals surface area contributed by atoms with Crippen LogP contribution in [0.1, 0.15) is 114 Å². The lowest BCUT2D eigenvalue weighted by molar-refractivity contribution is -0.212. The Morgan fingerprint density at radius 2 is 1.61 bits per heavy atom. The highest BCUT2D eigenvalue weighted by Crippen LogP contribution is 2.73. The van der Waals surface area contributed by atoms with Gasteiger partial charge >= 0.3 is 0 Å². The van der Waals surface area contributed by atoms with Crippen molar-refractivity contribution in [2.75, 3.05) is 0 Å². The minimum Gasteiger partial charge on any atom is -0.393 e. The van der Waals surface area contributed by atoms with Crippen molar-refractivity contribution >= 4 is 0 Å². The smallest absolute Gasteiger partial charge is 0.163 e. The summed E-state index contributed by atoms with van der Waals surface area (Å²) in [6, 6.07) is 0. The molecule has 38 heavy (non-hydrogen) atoms. The summed E-state index contributed by atoms with van der Waals surface area (Å²) in [5, 5.41) is 33.7. The maximum Gasteiger partial charge on any atom is 0.163 e. The highest BCUT2D eigenvalue weighted by Gasteiger charge is 2.68. The molecule has 0 bridgehead atoms. The van der Waals surface area contributed by atoms with Gasteiger partial charge in [-0.2, -0.15) is 0 Å². The van der Waals surface area contributed by atoms with E-state index in [0.717, 1.165) is 44.9 Å². The third kappa shape index (κ3) is 4.03. The zero-order valence-electron chi connectivity index (χ0n) is 25.8. The van der Waals surface area contributed by atoms with E-state index in [2.05, 4.69) is 47.6 Å². The molecule has 5 nitrogen and oxygen atoms in total. The molecule has 5 rings (SSSR count). The van der Waals surface area contributed by atoms with Gasteiger partial charge in [0, 0.05) is 5.41 Å². The Morgan fingerprint density at radius 1 is 0.947 bits per heavy atom. The largest absolute Gasteiger partial charge is 0.393 e. The van der Waals surface area contributed by atoms with Crippen molar-refractivity contribution in [1.82, 2.24) is 0 Å². The number of rotatable bonds is 4. The number of aliphatic hydroxyl groups excluding tert-OH is 2. The highest BCUT2D eigenvalue weighted by atomic mass is 16.8. The summed E-state index contributed by atoms with van der Waals surface area (Å²) in [7, 11) is 0. The van der Waals surface area contributed by atoms with E-state index in [4.69, 9.17) is 9.47 Å². The van der Waals surface area contributed by atoms with Crippen molar-refractivity contribution in [2.24, 2.45) is 45.3 Å². The predicted molar refractivity (Wildman–Crippen MR) is 150 cm³/mol. The van der Waals surface area contributed by atoms with E-state index < -0.39 is 11.4 Å². The van der Waals surface area contributed by atoms with Gasteiger partial charge in [0.15, 0.2) is 5.79 Å². The van der Waals surface area contributed by atoms with E-state index in [0.29, 0.717) is 23.7 Å². The van der Waals surface area contributed by atoms with Gasteiger partial charge in [0.25, 0.3) is 0 Å². The fraction of sp³-hybridized carbons (Fsp3) is 0.939. The highest BCUT2D eigenvalue weighted by molar-refractivity contribution is 5.36. The molecular formula is C33H56O5. The van der Waals surface area contributed by atoms with Gasteiger partial charge in [-0.15, -0.1) is 0 Å². The quantitative estimate of drug-likeness (QED) is 0.374. The van der Waals surface area contributed by atoms with E-state index in [1.54, 1.807) is 0 Å². The molecule has 5 heteroatoms. The zero-order valence-corrected chi connectivity index (χ0v) is 25.8. The van der Waals surface area contributed by atoms with E-state index >= 15 is 0 Å². The van der Waals surface area contributed by atoms with Crippen LogP contribution in [0.4, 0.5) is 0 Å². The maximum atomic E-state index is 11.9. The average Bonchev–Trinajstić information content (AvgIpc) is 3.30. The van der Waals surface area contributed by atoms with Crippen LogP contribution >= 0.6 is 0 Å². The Hall–Kier alpha value is -0.460. The lowest BCUT2D eigenvalue weighted by Gasteiger charge is -2.68. The molecule has 0 radical (unpaired) electrons. The van der Waals surface area contributed by atoms with Gasteiger partial charge in [0.2, 0.25) is 0 Å². The molecule has 0 spiro atoms. The summed E-state index contributed by atoms with van der Waals surface area (Å²) in [5.41, 5.74) is 0.311. The Balaban J connectivity index is 1.41. The molecule has 218 valence electrons. The van der Waals surface area contributed by atoms with Gasteiger partial charge in [0.05, 0.1) is 23.9 Å². The van der Waals surface area contributed by atoms with Crippen molar-refractivity contribution in [2.45, 2.75) is 150 Å². The van der Waals surface area contributed by atoms with Crippen LogP contribution in [0, 0.1) is 45.3 Å². The van der Waals surface area contributed by atoms with Crippen LogP contribution in [0.15, 0.2) is 11.6 Å². The number of aliphatic hydroxyl groups is 3. The van der Waals surface area contributed by atoms with Crippen molar-refractivity contribution in [3.05, 3.63) is 11.6 Å². The molecule has 0 amide bonds. The first-order valence-electron chi connectivity index (χ1n) is 15.4. The molecule has 4 aliphatic carbocycles. The topological polar surface area (TPSA) is 79.2 Å². The molecule has 3 saturated carbocycles. The van der Waals surface area contributed by atoms with E-state index in [9.17, 15) is 15.3 Å². The van der Waals surface area contributed by atoms with Gasteiger partial charge < -0.3 is 24.8 Å². The van der Waals surface area contributed by atoms with Crippen LogP contribution in [-0.4, -0.2) is 51.1 Å². The van der Waals surface area contributed by atoms with Crippen LogP contribution in [0.3, 0.4) is 0 Å². The molecule has 11 atom stereocenters. The summed E-state index contributed by atoms with van der Waals surface area (Å²) < 4.78 is 12.5. The first-order valence-corrected chi connectivity index (χ1v) is 15.4. The Morgan fingerprint density at radius 3 is 2.24 bits per heavy atom. The van der Waals surface area contributed by atoms with E-state index in [1.807, 2.05) is 27.7 Å². The number of hydrogen-bond donors (Lipinski definition) is 3. The lowest BCUT2D eigenvalue weighted by Crippen LogP contribution is -2.65. The minimum atomic E-state index is -0.966. The second kappa shape index (κ2) is 8.77. The van der Waals surface area contributed by atoms with E-state index in [-0.39, 0.29) is 46.1 Å². The van der Waals surface area contributed by atoms with Crippen LogP contribution in [0.5, 0.6) is 0 Å². The van der Waals surface area contributed by atoms with Crippen molar-refractivity contribution in [1.29, 1.82) is 0 Å². The number of allylic oxidation sites excluding steroid dienone is 1. The second-order valence-corrected chi connectivity index (χ2v) is 16.4. The number of hydrogen-bond acceptors (Lipinski definition) is 5. The fourth-order valence-corrected chi connectivity index (χ4v) is 11.0. The van der Waals surface area contributed by atoms with Crippen LogP contribution in [-0.2, 0) is 9.47 Å². The summed E-state index contributed by atoms with van der Waals surface area (Å²) in [6.45, 7) is 21.7. The summed E-state index contributed by atoms with van der Waals surface area (Å²) in [4.78, 5) is 0. The summed E-state index contributed by atoms with van der Waals surface area (Å²) in [5.74, 6) is 0.940. The van der Waals surface area contributed by atoms with Crippen LogP contribution in [0.2, 0.25) is 0 Å². The minimum absolute atomic E-state index is 0.0533. The van der Waals surface area contributed by atoms with Gasteiger partial charge in [-0.3, -0.25) is 0 Å². The lowest BCUT2D eigenvalue weighted by atomic mass is 9.37. The third-order valence-corrected chi connectivity index (χ3v) is 12.9. The molecule has 0 aromatic rings. The maximum absolute atomic E-state index is 11.9. The van der Waals surface area contributed by atoms with E-state index in [1.165, 1.54) is 5.57 Å². The molecule has 4 fully saturated rings. The monoisotopic (exact) mass is 532 g/mol. The fourth-order valence-electron chi connectivity index (χ4n) is 11.0. The molecule has 0 unspecified atom stereocenters. The predicted octanol–water partition coefficient (Wildman–Crippen LogP) is 6.24. The van der Waals surface area contributed by atoms with Gasteiger partial charge in [-0.05, 0) is 113 Å². The number of fused-ring (bicyclic) bond motifs is 5. The molecule has 5 aliphatic rings. The summed E-state index contributed by atoms with van der Waals surface area (Å²) >= 11 is 0. The Kier molecular flexibility index (Phi) is 6.70. The van der Waals surface area contributed by atoms with Gasteiger partial charge in [0.1, 0.15) is 6.10 Å². The van der Waals surface area contributed by atoms with Gasteiger partial charge in [-0.1, -0.05) is 53.2 Å². The molecule has 1 saturated heterocycles. The molecule has 3 N–H and O–H groups in total. The SMILES string of the molecule is C[C@@H](C[C@@H]1OC(C)(C)O[C@@H]1C(C)(C)O)[C@@H]1CC=C2[C@]3(C)[C@H](O)C[C@H]4C(C)(C)[C@H](O)CC[C@]4(C)[C@H]3CC[C@]21C. The first-order chi connectivity index (χ1) is 17.3. The van der Waals surface area contributed by atoms with Crippen LogP contribution in [0.25, 0.3) is 0 Å². The zero-order chi connectivity index (χ0) is 28.3. The Labute approximate surface area is 231 Å². The molecule has 1 heterocycles. The number of ether oxygens (including phenoxy) is 2. The Bertz CT molecular complexity index is 963. The summed E-state index contributed by atoms with van der Waals surface area (Å²) in [6.07, 6.45) is 8.19. The molecule has 1 aliphatic heterocycles. The second-order valence-electron chi connectivity index (χ2n) is 16.4. The van der Waals surface area contributed by atoms with Crippen molar-refractivity contribution in [3.63, 3.8) is 0 Å². The standard InChI is InChI=1S/C33H56O5/c1-19(17-21-27(29(4,5)36)38-30(6,7)37-21)20-11-12-22-31(20,8)15-13-23-32(9)16-14-25(34)28(2,3)24(32)18-26(35)33(22,23)10/h12,19-21,23-27,34-36H,11,13-18H2,1-10H3/t19-,20-,21-,23+,24-,25+,26+,27-,31-,32+,33-/m0/s1. The van der Waals surface area contributed by atoms with Gasteiger partial charge in [-0.25, -0.2) is 0 Å². The van der Waals surface area contributed by atoms with Crippen LogP contribution < -0.4 is 0 Å². The first kappa shape index (κ1) is 29.0. The third-order valence-electron chi connectivity index (χ3n) is 12.9. The normalized spacial score (nSPS) is 50.6. The molecule has 0 aromatic carbocycles. The molecule has 0 aromatic heterocycles. The van der Waals surface area contributed by atoms with Crippen molar-refractivity contribution in [3.8, 4) is 0 Å². The molecular weight excluding hydrogens is 476 g/mol. The average molecular weight is 533 g/mol. The van der Waals surface area contributed by atoms with Crippen molar-refractivity contribution < 1.29 is 24.8 Å².